The van der Waals surface area contributed by atoms with Gasteiger partial charge in [0.25, 0.3) is 0 Å². The third-order valence-electron chi connectivity index (χ3n) is 5.01. The number of carbonyl (C=O) groups excluding carboxylic acids is 1. The minimum absolute atomic E-state index is 0.106. The van der Waals surface area contributed by atoms with E-state index in [1.54, 1.807) is 22.8 Å². The Kier molecular flexibility index (Phi) is 4.64. The fourth-order valence-electron chi connectivity index (χ4n) is 3.45. The maximum Gasteiger partial charge on any atom is 0.227 e. The number of anilines is 4. The molecule has 8 heteroatoms. The van der Waals surface area contributed by atoms with Crippen molar-refractivity contribution in [2.45, 2.75) is 19.9 Å². The van der Waals surface area contributed by atoms with Crippen molar-refractivity contribution in [3.63, 3.8) is 0 Å². The molecule has 4 rings (SSSR count). The molecule has 2 aromatic heterocycles. The van der Waals surface area contributed by atoms with Gasteiger partial charge < -0.3 is 15.5 Å². The number of fused-ring (bicyclic) bond motifs is 1. The summed E-state index contributed by atoms with van der Waals surface area (Å²) in [6.07, 6.45) is 3.81. The Bertz CT molecular complexity index is 1140. The maximum absolute atomic E-state index is 12.0. The summed E-state index contributed by atoms with van der Waals surface area (Å²) in [4.78, 5) is 18.1. The minimum Gasteiger partial charge on any atom is -0.354 e. The van der Waals surface area contributed by atoms with Crippen LogP contribution in [0, 0.1) is 18.3 Å². The molecule has 1 amide bonds. The number of rotatable bonds is 4. The number of pyridine rings is 1. The van der Waals surface area contributed by atoms with Crippen LogP contribution in [0.25, 0.3) is 0 Å². The van der Waals surface area contributed by atoms with Gasteiger partial charge in [-0.3, -0.25) is 9.48 Å². The van der Waals surface area contributed by atoms with E-state index < -0.39 is 0 Å². The van der Waals surface area contributed by atoms with E-state index in [0.29, 0.717) is 30.0 Å². The normalized spacial score (nSPS) is 13.0. The first-order valence-corrected chi connectivity index (χ1v) is 9.23. The number of likely N-dealkylation sites (N-methyl/N-ethyl adjacent to an activating group) is 1. The van der Waals surface area contributed by atoms with Gasteiger partial charge in [0.1, 0.15) is 11.9 Å². The molecule has 1 aromatic carbocycles. The van der Waals surface area contributed by atoms with Crippen molar-refractivity contribution in [3.05, 3.63) is 59.0 Å². The SMILES string of the molecule is Cc1nn(C)cc1Nc1cc(Nc2cccc3c2CN(C)C(=O)C3)c(C#N)cn1. The highest BCUT2D eigenvalue weighted by Crippen LogP contribution is 2.31. The lowest BCUT2D eigenvalue weighted by molar-refractivity contribution is -0.130. The first-order valence-electron chi connectivity index (χ1n) is 9.23. The van der Waals surface area contributed by atoms with Gasteiger partial charge in [-0.15, -0.1) is 0 Å². The highest BCUT2D eigenvalue weighted by Gasteiger charge is 2.22. The summed E-state index contributed by atoms with van der Waals surface area (Å²) in [6.45, 7) is 2.45. The lowest BCUT2D eigenvalue weighted by atomic mass is 9.97. The number of nitrogens with one attached hydrogen (secondary N) is 2. The Morgan fingerprint density at radius 1 is 1.17 bits per heavy atom. The van der Waals surface area contributed by atoms with E-state index in [1.807, 2.05) is 44.4 Å². The summed E-state index contributed by atoms with van der Waals surface area (Å²) in [7, 11) is 3.66. The zero-order chi connectivity index (χ0) is 20.5. The van der Waals surface area contributed by atoms with Crippen LogP contribution in [0.3, 0.4) is 0 Å². The summed E-state index contributed by atoms with van der Waals surface area (Å²) in [5.74, 6) is 0.717. The number of hydrogen-bond donors (Lipinski definition) is 2. The molecule has 146 valence electrons. The van der Waals surface area contributed by atoms with Gasteiger partial charge in [0, 0.05) is 44.8 Å². The molecule has 3 heterocycles. The molecule has 8 nitrogen and oxygen atoms in total. The van der Waals surface area contributed by atoms with Crippen molar-refractivity contribution < 1.29 is 4.79 Å². The predicted molar refractivity (Wildman–Crippen MR) is 110 cm³/mol. The van der Waals surface area contributed by atoms with E-state index in [0.717, 1.165) is 28.2 Å². The summed E-state index contributed by atoms with van der Waals surface area (Å²) in [5.41, 5.74) is 5.76. The van der Waals surface area contributed by atoms with Gasteiger partial charge in [-0.1, -0.05) is 12.1 Å². The second kappa shape index (κ2) is 7.28. The standard InChI is InChI=1S/C21H21N7O/c1-13-19(12-28(3)26-13)25-20-8-18(15(9-22)10-23-20)24-17-6-4-5-14-7-21(29)27(2)11-16(14)17/h4-6,8,10,12H,7,11H2,1-3H3,(H2,23,24,25). The summed E-state index contributed by atoms with van der Waals surface area (Å²) < 4.78 is 1.73. The fourth-order valence-corrected chi connectivity index (χ4v) is 3.45. The first-order chi connectivity index (χ1) is 13.9. The van der Waals surface area contributed by atoms with E-state index in [-0.39, 0.29) is 5.91 Å². The van der Waals surface area contributed by atoms with Gasteiger partial charge in [0.05, 0.1) is 29.1 Å². The maximum atomic E-state index is 12.0. The number of amides is 1. The highest BCUT2D eigenvalue weighted by atomic mass is 16.2. The molecule has 3 aromatic rings. The van der Waals surface area contributed by atoms with Crippen LogP contribution in [0.5, 0.6) is 0 Å². The molecule has 0 spiro atoms. The van der Waals surface area contributed by atoms with Gasteiger partial charge in [0.2, 0.25) is 5.91 Å². The quantitative estimate of drug-likeness (QED) is 0.714. The van der Waals surface area contributed by atoms with Gasteiger partial charge in [-0.2, -0.15) is 10.4 Å². The molecule has 0 unspecified atom stereocenters. The van der Waals surface area contributed by atoms with Crippen LogP contribution in [0.2, 0.25) is 0 Å². The zero-order valence-electron chi connectivity index (χ0n) is 16.5. The van der Waals surface area contributed by atoms with E-state index in [9.17, 15) is 10.1 Å². The molecule has 0 radical (unpaired) electrons. The Morgan fingerprint density at radius 3 is 2.72 bits per heavy atom. The van der Waals surface area contributed by atoms with Crippen LogP contribution < -0.4 is 10.6 Å². The Hall–Kier alpha value is -3.86. The fraction of sp³-hybridized carbons (Fsp3) is 0.238. The number of aryl methyl sites for hydroxylation is 2. The molecule has 1 aliphatic heterocycles. The second-order valence-corrected chi connectivity index (χ2v) is 7.15. The van der Waals surface area contributed by atoms with Crippen molar-refractivity contribution in [2.24, 2.45) is 7.05 Å². The van der Waals surface area contributed by atoms with E-state index in [4.69, 9.17) is 0 Å². The molecule has 0 aliphatic carbocycles. The largest absolute Gasteiger partial charge is 0.354 e. The molecular formula is C21H21N7O. The van der Waals surface area contributed by atoms with Crippen LogP contribution in [-0.2, 0) is 24.8 Å². The number of nitrogens with zero attached hydrogens (tertiary/aromatic N) is 5. The molecule has 0 atom stereocenters. The average molecular weight is 387 g/mol. The zero-order valence-corrected chi connectivity index (χ0v) is 16.5. The molecule has 0 saturated carbocycles. The lowest BCUT2D eigenvalue weighted by Crippen LogP contribution is -2.33. The number of aromatic nitrogens is 3. The molecule has 1 aliphatic rings. The van der Waals surface area contributed by atoms with E-state index >= 15 is 0 Å². The number of carbonyl (C=O) groups is 1. The van der Waals surface area contributed by atoms with Crippen molar-refractivity contribution in [2.75, 3.05) is 17.7 Å². The number of hydrogen-bond acceptors (Lipinski definition) is 6. The van der Waals surface area contributed by atoms with Crippen LogP contribution in [-0.4, -0.2) is 32.6 Å². The molecule has 0 fully saturated rings. The number of nitriles is 1. The monoisotopic (exact) mass is 387 g/mol. The van der Waals surface area contributed by atoms with Gasteiger partial charge in [-0.05, 0) is 24.1 Å². The smallest absolute Gasteiger partial charge is 0.227 e. The molecular weight excluding hydrogens is 366 g/mol. The van der Waals surface area contributed by atoms with Crippen molar-refractivity contribution in [1.29, 1.82) is 5.26 Å². The predicted octanol–water partition coefficient (Wildman–Crippen LogP) is 3.00. The van der Waals surface area contributed by atoms with Crippen LogP contribution in [0.4, 0.5) is 22.9 Å². The lowest BCUT2D eigenvalue weighted by Gasteiger charge is -2.27. The summed E-state index contributed by atoms with van der Waals surface area (Å²) in [5, 5.41) is 20.5. The topological polar surface area (TPSA) is 98.9 Å². The molecule has 0 saturated heterocycles. The molecule has 0 bridgehead atoms. The Morgan fingerprint density at radius 2 is 2.00 bits per heavy atom. The van der Waals surface area contributed by atoms with Crippen molar-refractivity contribution in [3.8, 4) is 6.07 Å². The van der Waals surface area contributed by atoms with Crippen molar-refractivity contribution >= 4 is 28.8 Å². The van der Waals surface area contributed by atoms with Crippen molar-refractivity contribution in [1.82, 2.24) is 19.7 Å². The molecule has 29 heavy (non-hydrogen) atoms. The van der Waals surface area contributed by atoms with Gasteiger partial charge in [-0.25, -0.2) is 4.98 Å². The van der Waals surface area contributed by atoms with Crippen LogP contribution >= 0.6 is 0 Å². The first kappa shape index (κ1) is 18.5. The van der Waals surface area contributed by atoms with Gasteiger partial charge >= 0.3 is 0 Å². The third-order valence-corrected chi connectivity index (χ3v) is 5.01. The van der Waals surface area contributed by atoms with Crippen LogP contribution in [0.15, 0.2) is 36.7 Å². The van der Waals surface area contributed by atoms with E-state index in [1.165, 1.54) is 0 Å². The number of benzene rings is 1. The van der Waals surface area contributed by atoms with E-state index in [2.05, 4.69) is 26.8 Å². The average Bonchev–Trinajstić information content (AvgIpc) is 3.00. The van der Waals surface area contributed by atoms with Gasteiger partial charge in [0.15, 0.2) is 0 Å². The molecule has 2 N–H and O–H groups in total. The summed E-state index contributed by atoms with van der Waals surface area (Å²) >= 11 is 0. The minimum atomic E-state index is 0.106. The second-order valence-electron chi connectivity index (χ2n) is 7.15. The Balaban J connectivity index is 1.67. The summed E-state index contributed by atoms with van der Waals surface area (Å²) in [6, 6.07) is 9.85. The van der Waals surface area contributed by atoms with Crippen LogP contribution in [0.1, 0.15) is 22.4 Å². The third kappa shape index (κ3) is 3.62. The highest BCUT2D eigenvalue weighted by molar-refractivity contribution is 5.83. The Labute approximate surface area is 168 Å².